The normalized spacial score (nSPS) is 29.7. The average molecular weight is 384 g/mol. The van der Waals surface area contributed by atoms with Gasteiger partial charge in [0.05, 0.1) is 17.5 Å². The molecule has 0 saturated carbocycles. The van der Waals surface area contributed by atoms with Crippen LogP contribution in [0.2, 0.25) is 11.1 Å². The Bertz CT molecular complexity index is 806. The molecule has 27 heavy (non-hydrogen) atoms. The van der Waals surface area contributed by atoms with Crippen molar-refractivity contribution in [2.45, 2.75) is 52.1 Å². The number of anilines is 1. The standard InChI is InChI=1S/C22H29NO3Si/c1-13(2)27(14(3)4)20-15(5)11-17-19(18(20)12-26-27)22(25)23(21(17)24)16-9-7-6-8-10-16/h6-10,13-14,17-19H,11-12H2,1-5H3/t17-,18-,19-/m0/s1. The van der Waals surface area contributed by atoms with E-state index in [2.05, 4.69) is 34.6 Å². The quantitative estimate of drug-likeness (QED) is 0.572. The maximum atomic E-state index is 13.4. The molecule has 4 rings (SSSR count). The van der Waals surface area contributed by atoms with Gasteiger partial charge in [-0.05, 0) is 41.8 Å². The van der Waals surface area contributed by atoms with Crippen molar-refractivity contribution in [3.8, 4) is 0 Å². The highest BCUT2D eigenvalue weighted by molar-refractivity contribution is 6.84. The van der Waals surface area contributed by atoms with Gasteiger partial charge in [0.2, 0.25) is 20.1 Å². The van der Waals surface area contributed by atoms with Crippen molar-refractivity contribution in [1.82, 2.24) is 0 Å². The second kappa shape index (κ2) is 6.42. The van der Waals surface area contributed by atoms with E-state index >= 15 is 0 Å². The molecule has 0 N–H and O–H groups in total. The number of carbonyl (C=O) groups excluding carboxylic acids is 2. The molecular formula is C22H29NO3Si. The zero-order valence-electron chi connectivity index (χ0n) is 16.9. The fourth-order valence-electron chi connectivity index (χ4n) is 5.92. The molecule has 5 heteroatoms. The first-order valence-electron chi connectivity index (χ1n) is 10.1. The Balaban J connectivity index is 1.78. The van der Waals surface area contributed by atoms with Crippen molar-refractivity contribution in [1.29, 1.82) is 0 Å². The summed E-state index contributed by atoms with van der Waals surface area (Å²) >= 11 is 0. The highest BCUT2D eigenvalue weighted by Gasteiger charge is 2.62. The summed E-state index contributed by atoms with van der Waals surface area (Å²) < 4.78 is 6.61. The third kappa shape index (κ3) is 2.44. The van der Waals surface area contributed by atoms with E-state index in [1.54, 1.807) is 0 Å². The minimum atomic E-state index is -2.13. The van der Waals surface area contributed by atoms with Crippen LogP contribution in [0.1, 0.15) is 41.0 Å². The number of para-hydroxylation sites is 1. The van der Waals surface area contributed by atoms with Gasteiger partial charge >= 0.3 is 0 Å². The monoisotopic (exact) mass is 383 g/mol. The summed E-state index contributed by atoms with van der Waals surface area (Å²) in [6, 6.07) is 9.35. The minimum absolute atomic E-state index is 0.0351. The average Bonchev–Trinajstić information content (AvgIpc) is 3.14. The summed E-state index contributed by atoms with van der Waals surface area (Å²) in [7, 11) is -2.13. The van der Waals surface area contributed by atoms with Crippen LogP contribution >= 0.6 is 0 Å². The molecule has 0 bridgehead atoms. The van der Waals surface area contributed by atoms with Crippen LogP contribution in [-0.4, -0.2) is 26.7 Å². The van der Waals surface area contributed by atoms with E-state index in [1.165, 1.54) is 15.7 Å². The van der Waals surface area contributed by atoms with E-state index in [0.29, 0.717) is 29.8 Å². The van der Waals surface area contributed by atoms with E-state index in [0.717, 1.165) is 0 Å². The van der Waals surface area contributed by atoms with Gasteiger partial charge in [-0.2, -0.15) is 0 Å². The molecule has 0 aromatic heterocycles. The highest BCUT2D eigenvalue weighted by atomic mass is 28.4. The third-order valence-electron chi connectivity index (χ3n) is 6.92. The number of carbonyl (C=O) groups is 2. The van der Waals surface area contributed by atoms with Gasteiger partial charge in [-0.25, -0.2) is 0 Å². The third-order valence-corrected chi connectivity index (χ3v) is 12.6. The molecule has 2 saturated heterocycles. The Morgan fingerprint density at radius 1 is 1.00 bits per heavy atom. The van der Waals surface area contributed by atoms with E-state index in [9.17, 15) is 9.59 Å². The molecule has 0 spiro atoms. The van der Waals surface area contributed by atoms with E-state index in [4.69, 9.17) is 4.43 Å². The Morgan fingerprint density at radius 3 is 2.22 bits per heavy atom. The number of hydrogen-bond acceptors (Lipinski definition) is 3. The SMILES string of the molecule is CC1=C2[C@@H](CO[Si]2(C(C)C)C(C)C)[C@H]2C(=O)N(c3ccccc3)C(=O)[C@H]2C1. The van der Waals surface area contributed by atoms with Crippen LogP contribution in [-0.2, 0) is 14.0 Å². The molecule has 144 valence electrons. The summed E-state index contributed by atoms with van der Waals surface area (Å²) in [6.45, 7) is 11.8. The van der Waals surface area contributed by atoms with E-state index < -0.39 is 8.32 Å². The predicted octanol–water partition coefficient (Wildman–Crippen LogP) is 4.46. The summed E-state index contributed by atoms with van der Waals surface area (Å²) in [6.07, 6.45) is 0.696. The van der Waals surface area contributed by atoms with Crippen LogP contribution < -0.4 is 4.90 Å². The number of rotatable bonds is 3. The molecule has 1 aromatic rings. The zero-order valence-corrected chi connectivity index (χ0v) is 17.9. The summed E-state index contributed by atoms with van der Waals surface area (Å²) in [5, 5.41) is 1.44. The van der Waals surface area contributed by atoms with Crippen molar-refractivity contribution in [3.05, 3.63) is 41.1 Å². The first-order valence-corrected chi connectivity index (χ1v) is 12.1. The largest absolute Gasteiger partial charge is 0.412 e. The van der Waals surface area contributed by atoms with Gasteiger partial charge in [-0.1, -0.05) is 51.5 Å². The van der Waals surface area contributed by atoms with Crippen molar-refractivity contribution < 1.29 is 14.0 Å². The van der Waals surface area contributed by atoms with Gasteiger partial charge in [0.15, 0.2) is 0 Å². The highest BCUT2D eigenvalue weighted by Crippen LogP contribution is 2.56. The van der Waals surface area contributed by atoms with Gasteiger partial charge in [-0.3, -0.25) is 14.5 Å². The van der Waals surface area contributed by atoms with Crippen molar-refractivity contribution in [2.75, 3.05) is 11.5 Å². The lowest BCUT2D eigenvalue weighted by atomic mass is 9.75. The molecule has 2 aliphatic heterocycles. The molecule has 1 aromatic carbocycles. The van der Waals surface area contributed by atoms with Gasteiger partial charge in [0.25, 0.3) is 0 Å². The van der Waals surface area contributed by atoms with Crippen LogP contribution in [0, 0.1) is 17.8 Å². The predicted molar refractivity (Wildman–Crippen MR) is 109 cm³/mol. The van der Waals surface area contributed by atoms with Crippen molar-refractivity contribution in [3.63, 3.8) is 0 Å². The lowest BCUT2D eigenvalue weighted by molar-refractivity contribution is -0.122. The van der Waals surface area contributed by atoms with Crippen LogP contribution in [0.3, 0.4) is 0 Å². The summed E-state index contributed by atoms with van der Waals surface area (Å²) in [4.78, 5) is 28.0. The Hall–Kier alpha value is -1.72. The number of fused-ring (bicyclic) bond motifs is 3. The smallest absolute Gasteiger partial charge is 0.238 e. The summed E-state index contributed by atoms with van der Waals surface area (Å²) in [5.74, 6) is -0.497. The van der Waals surface area contributed by atoms with Crippen LogP contribution in [0.4, 0.5) is 5.69 Å². The molecule has 3 aliphatic rings. The second-order valence-corrected chi connectivity index (χ2v) is 13.6. The molecule has 4 nitrogen and oxygen atoms in total. The van der Waals surface area contributed by atoms with Crippen molar-refractivity contribution in [2.24, 2.45) is 17.8 Å². The minimum Gasteiger partial charge on any atom is -0.412 e. The molecule has 1 aliphatic carbocycles. The number of amides is 2. The van der Waals surface area contributed by atoms with Gasteiger partial charge in [0.1, 0.15) is 0 Å². The van der Waals surface area contributed by atoms with Gasteiger partial charge in [0, 0.05) is 12.5 Å². The second-order valence-electron chi connectivity index (χ2n) is 8.90. The number of hydrogen-bond donors (Lipinski definition) is 0. The van der Waals surface area contributed by atoms with E-state index in [-0.39, 0.29) is 29.6 Å². The van der Waals surface area contributed by atoms with E-state index in [1.807, 2.05) is 30.3 Å². The molecular weight excluding hydrogens is 354 g/mol. The molecule has 2 heterocycles. The van der Waals surface area contributed by atoms with Crippen LogP contribution in [0.5, 0.6) is 0 Å². The number of allylic oxidation sites excluding steroid dienone is 1. The number of nitrogens with zero attached hydrogens (tertiary/aromatic N) is 1. The summed E-state index contributed by atoms with van der Waals surface area (Å²) in [5.41, 5.74) is 2.92. The molecule has 3 atom stereocenters. The number of benzene rings is 1. The topological polar surface area (TPSA) is 46.6 Å². The first-order chi connectivity index (χ1) is 12.8. The fourth-order valence-corrected chi connectivity index (χ4v) is 11.4. The van der Waals surface area contributed by atoms with Crippen LogP contribution in [0.25, 0.3) is 0 Å². The Labute approximate surface area is 162 Å². The van der Waals surface area contributed by atoms with Crippen LogP contribution in [0.15, 0.2) is 41.1 Å². The van der Waals surface area contributed by atoms with Crippen molar-refractivity contribution >= 4 is 25.8 Å². The molecule has 0 unspecified atom stereocenters. The molecule has 0 radical (unpaired) electrons. The zero-order chi connectivity index (χ0) is 19.5. The van der Waals surface area contributed by atoms with Gasteiger partial charge < -0.3 is 4.43 Å². The Morgan fingerprint density at radius 2 is 1.63 bits per heavy atom. The molecule has 2 amide bonds. The lowest BCUT2D eigenvalue weighted by Gasteiger charge is -2.40. The maximum absolute atomic E-state index is 13.4. The molecule has 2 fully saturated rings. The maximum Gasteiger partial charge on any atom is 0.238 e. The number of imide groups is 1. The van der Waals surface area contributed by atoms with Gasteiger partial charge in [-0.15, -0.1) is 0 Å². The first kappa shape index (κ1) is 18.6. The Kier molecular flexibility index (Phi) is 4.43. The fraction of sp³-hybridized carbons (Fsp3) is 0.545. The lowest BCUT2D eigenvalue weighted by Crippen LogP contribution is -2.46.